The summed E-state index contributed by atoms with van der Waals surface area (Å²) in [6.45, 7) is 16.1. The van der Waals surface area contributed by atoms with E-state index in [2.05, 4.69) is 39.2 Å². The number of carbonyl (C=O) groups is 1. The maximum Gasteiger partial charge on any atom is 0.407 e. The zero-order valence-corrected chi connectivity index (χ0v) is 20.0. The van der Waals surface area contributed by atoms with E-state index in [-0.39, 0.29) is 17.2 Å². The third-order valence-electron chi connectivity index (χ3n) is 5.01. The summed E-state index contributed by atoms with van der Waals surface area (Å²) in [5, 5.41) is 2.91. The summed E-state index contributed by atoms with van der Waals surface area (Å²) in [6.07, 6.45) is 1.33. The molecule has 1 rings (SSSR count). The number of carbonyl (C=O) groups excluding carboxylic acids is 1. The lowest BCUT2D eigenvalue weighted by Gasteiger charge is -2.44. The van der Waals surface area contributed by atoms with E-state index in [0.29, 0.717) is 19.3 Å². The molecule has 1 aliphatic carbocycles. The second kappa shape index (κ2) is 8.38. The molecule has 0 unspecified atom stereocenters. The number of alkyl carbamates (subject to hydrolysis) is 1. The van der Waals surface area contributed by atoms with Gasteiger partial charge in [-0.1, -0.05) is 20.8 Å². The van der Waals surface area contributed by atoms with Gasteiger partial charge in [0.05, 0.1) is 24.5 Å². The van der Waals surface area contributed by atoms with E-state index in [1.54, 1.807) is 0 Å². The minimum Gasteiger partial charge on any atom is -0.444 e. The number of ether oxygens (including phenoxy) is 1. The number of amides is 1. The van der Waals surface area contributed by atoms with E-state index in [0.717, 1.165) is 6.26 Å². The molecular formula is C18H37NO6SSi. The van der Waals surface area contributed by atoms with Crippen molar-refractivity contribution in [1.82, 2.24) is 5.32 Å². The van der Waals surface area contributed by atoms with E-state index in [9.17, 15) is 13.2 Å². The topological polar surface area (TPSA) is 90.9 Å². The lowest BCUT2D eigenvalue weighted by molar-refractivity contribution is 0.0197. The Kier molecular flexibility index (Phi) is 7.58. The molecule has 7 nitrogen and oxygen atoms in total. The molecule has 3 atom stereocenters. The van der Waals surface area contributed by atoms with Crippen LogP contribution in [-0.2, 0) is 23.5 Å². The molecule has 0 heterocycles. The Bertz CT molecular complexity index is 621. The fourth-order valence-corrected chi connectivity index (χ4v) is 4.78. The minimum absolute atomic E-state index is 0.00585. The molecule has 1 saturated carbocycles. The Morgan fingerprint density at radius 2 is 1.63 bits per heavy atom. The zero-order valence-electron chi connectivity index (χ0n) is 18.2. The molecule has 1 fully saturated rings. The first-order chi connectivity index (χ1) is 11.9. The molecule has 160 valence electrons. The van der Waals surface area contributed by atoms with Gasteiger partial charge in [-0.2, -0.15) is 8.42 Å². The fraction of sp³-hybridized carbons (Fsp3) is 0.944. The summed E-state index contributed by atoms with van der Waals surface area (Å²) in [7, 11) is -5.66. The van der Waals surface area contributed by atoms with Crippen LogP contribution in [0.3, 0.4) is 0 Å². The second-order valence-corrected chi connectivity index (χ2v) is 16.3. The molecule has 0 spiro atoms. The van der Waals surface area contributed by atoms with Crippen LogP contribution in [0.1, 0.15) is 60.8 Å². The van der Waals surface area contributed by atoms with Gasteiger partial charge in [0.25, 0.3) is 10.1 Å². The first kappa shape index (κ1) is 24.4. The van der Waals surface area contributed by atoms with Gasteiger partial charge in [0, 0.05) is 6.42 Å². The molecule has 0 saturated heterocycles. The van der Waals surface area contributed by atoms with Crippen LogP contribution in [0.2, 0.25) is 18.1 Å². The average Bonchev–Trinajstić information content (AvgIpc) is 2.36. The van der Waals surface area contributed by atoms with E-state index >= 15 is 0 Å². The van der Waals surface area contributed by atoms with Gasteiger partial charge < -0.3 is 14.5 Å². The SMILES string of the molecule is CC(C)(C)OC(=O)N[C@@H]1CC[C@H](OS(C)(=O)=O)C[C@H]1O[Si](C)(C)C(C)(C)C. The van der Waals surface area contributed by atoms with Crippen molar-refractivity contribution in [2.75, 3.05) is 6.26 Å². The highest BCUT2D eigenvalue weighted by Gasteiger charge is 2.43. The van der Waals surface area contributed by atoms with Gasteiger partial charge in [-0.15, -0.1) is 0 Å². The molecule has 0 aliphatic heterocycles. The highest BCUT2D eigenvalue weighted by molar-refractivity contribution is 7.86. The third kappa shape index (κ3) is 8.49. The van der Waals surface area contributed by atoms with Gasteiger partial charge >= 0.3 is 6.09 Å². The van der Waals surface area contributed by atoms with Gasteiger partial charge in [0.15, 0.2) is 8.32 Å². The molecule has 1 amide bonds. The van der Waals surface area contributed by atoms with E-state index in [1.165, 1.54) is 0 Å². The van der Waals surface area contributed by atoms with Gasteiger partial charge in [-0.3, -0.25) is 4.18 Å². The predicted molar refractivity (Wildman–Crippen MR) is 109 cm³/mol. The Hall–Kier alpha value is -0.643. The molecule has 0 bridgehead atoms. The van der Waals surface area contributed by atoms with Crippen molar-refractivity contribution in [1.29, 1.82) is 0 Å². The quantitative estimate of drug-likeness (QED) is 0.534. The van der Waals surface area contributed by atoms with Crippen LogP contribution in [0, 0.1) is 0 Å². The molecule has 0 aromatic carbocycles. The van der Waals surface area contributed by atoms with Crippen molar-refractivity contribution < 1.29 is 26.6 Å². The van der Waals surface area contributed by atoms with Crippen LogP contribution in [0.4, 0.5) is 4.79 Å². The maximum atomic E-state index is 12.2. The first-order valence-corrected chi connectivity index (χ1v) is 14.2. The van der Waals surface area contributed by atoms with Crippen LogP contribution in [0.25, 0.3) is 0 Å². The van der Waals surface area contributed by atoms with Crippen molar-refractivity contribution >= 4 is 24.5 Å². The van der Waals surface area contributed by atoms with Crippen LogP contribution in [0.5, 0.6) is 0 Å². The van der Waals surface area contributed by atoms with Gasteiger partial charge in [-0.25, -0.2) is 4.79 Å². The van der Waals surface area contributed by atoms with Crippen LogP contribution < -0.4 is 5.32 Å². The highest BCUT2D eigenvalue weighted by Crippen LogP contribution is 2.39. The predicted octanol–water partition coefficient (Wildman–Crippen LogP) is 3.80. The Balaban J connectivity index is 2.95. The summed E-state index contributed by atoms with van der Waals surface area (Å²) in [5.74, 6) is 0. The summed E-state index contributed by atoms with van der Waals surface area (Å²) >= 11 is 0. The van der Waals surface area contributed by atoms with Crippen LogP contribution in [-0.4, -0.2) is 52.9 Å². The summed E-state index contributed by atoms with van der Waals surface area (Å²) in [5.41, 5.74) is -0.587. The molecule has 0 radical (unpaired) electrons. The summed E-state index contributed by atoms with van der Waals surface area (Å²) in [6, 6.07) is -0.242. The Morgan fingerprint density at radius 3 is 2.07 bits per heavy atom. The zero-order chi connectivity index (χ0) is 21.3. The van der Waals surface area contributed by atoms with Crippen molar-refractivity contribution in [2.45, 2.75) is 103 Å². The number of nitrogens with one attached hydrogen (secondary N) is 1. The third-order valence-corrected chi connectivity index (χ3v) is 10.1. The smallest absolute Gasteiger partial charge is 0.407 e. The van der Waals surface area contributed by atoms with Crippen molar-refractivity contribution in [2.24, 2.45) is 0 Å². The summed E-state index contributed by atoms with van der Waals surface area (Å²) < 4.78 is 40.1. The molecule has 0 aromatic heterocycles. The molecular weight excluding hydrogens is 386 g/mol. The highest BCUT2D eigenvalue weighted by atomic mass is 32.2. The normalized spacial score (nSPS) is 25.1. The van der Waals surface area contributed by atoms with Gasteiger partial charge in [0.1, 0.15) is 5.60 Å². The molecule has 9 heteroatoms. The van der Waals surface area contributed by atoms with Crippen molar-refractivity contribution in [3.63, 3.8) is 0 Å². The largest absolute Gasteiger partial charge is 0.444 e. The van der Waals surface area contributed by atoms with Crippen molar-refractivity contribution in [3.8, 4) is 0 Å². The Labute approximate surface area is 165 Å². The van der Waals surface area contributed by atoms with E-state index < -0.39 is 36.2 Å². The molecule has 1 aliphatic rings. The monoisotopic (exact) mass is 423 g/mol. The number of hydrogen-bond acceptors (Lipinski definition) is 6. The molecule has 0 aromatic rings. The second-order valence-electron chi connectivity index (χ2n) is 9.90. The van der Waals surface area contributed by atoms with Gasteiger partial charge in [0.2, 0.25) is 0 Å². The van der Waals surface area contributed by atoms with E-state index in [4.69, 9.17) is 13.3 Å². The lowest BCUT2D eigenvalue weighted by Crippen LogP contribution is -2.55. The number of rotatable bonds is 5. The van der Waals surface area contributed by atoms with Gasteiger partial charge in [-0.05, 0) is 51.7 Å². The maximum absolute atomic E-state index is 12.2. The molecule has 1 N–H and O–H groups in total. The lowest BCUT2D eigenvalue weighted by atomic mass is 9.90. The van der Waals surface area contributed by atoms with E-state index in [1.807, 2.05) is 20.8 Å². The standard InChI is InChI=1S/C18H37NO6SSi/c1-17(2,3)23-16(20)19-14-11-10-13(24-26(7,21)22)12-15(14)25-27(8,9)18(4,5)6/h13-15H,10-12H2,1-9H3,(H,19,20)/t13-,14+,15+/m0/s1. The van der Waals surface area contributed by atoms with Crippen molar-refractivity contribution in [3.05, 3.63) is 0 Å². The fourth-order valence-electron chi connectivity index (χ4n) is 2.74. The van der Waals surface area contributed by atoms with Crippen LogP contribution >= 0.6 is 0 Å². The van der Waals surface area contributed by atoms with Crippen LogP contribution in [0.15, 0.2) is 0 Å². The average molecular weight is 424 g/mol. The summed E-state index contributed by atoms with van der Waals surface area (Å²) in [4.78, 5) is 12.2. The number of hydrogen-bond donors (Lipinski definition) is 1. The first-order valence-electron chi connectivity index (χ1n) is 9.45. The minimum atomic E-state index is -3.54. The Morgan fingerprint density at radius 1 is 1.07 bits per heavy atom. The molecule has 27 heavy (non-hydrogen) atoms.